The molecule has 86 valence electrons. The number of rotatable bonds is 4. The molecule has 0 saturated heterocycles. The smallest absolute Gasteiger partial charge is 0.337 e. The number of carbonyl (C=O) groups excluding carboxylic acids is 1. The lowest BCUT2D eigenvalue weighted by Gasteiger charge is -2.17. The van der Waals surface area contributed by atoms with Crippen molar-refractivity contribution in [3.05, 3.63) is 35.9 Å². The monoisotopic (exact) mass is 223 g/mol. The molecule has 3 N–H and O–H groups in total. The number of benzene rings is 1. The Bertz CT molecular complexity index is 386. The quantitative estimate of drug-likeness (QED) is 0.574. The van der Waals surface area contributed by atoms with E-state index >= 15 is 0 Å². The van der Waals surface area contributed by atoms with Crippen molar-refractivity contribution < 1.29 is 19.4 Å². The van der Waals surface area contributed by atoms with Crippen LogP contribution in [0.2, 0.25) is 0 Å². The Labute approximate surface area is 92.8 Å². The molecule has 0 bridgehead atoms. The van der Waals surface area contributed by atoms with E-state index in [4.69, 9.17) is 15.6 Å². The van der Waals surface area contributed by atoms with E-state index < -0.39 is 17.5 Å². The third-order valence-electron chi connectivity index (χ3n) is 2.08. The first kappa shape index (κ1) is 12.2. The maximum Gasteiger partial charge on any atom is 0.337 e. The Morgan fingerprint density at radius 1 is 1.38 bits per heavy atom. The number of aliphatic carboxylic acids is 1. The molecule has 1 aromatic carbocycles. The van der Waals surface area contributed by atoms with E-state index in [-0.39, 0.29) is 6.61 Å². The van der Waals surface area contributed by atoms with Gasteiger partial charge < -0.3 is 15.6 Å². The molecule has 0 radical (unpaired) electrons. The van der Waals surface area contributed by atoms with Gasteiger partial charge in [0, 0.05) is 0 Å². The molecule has 0 heterocycles. The Morgan fingerprint density at radius 2 is 1.94 bits per heavy atom. The van der Waals surface area contributed by atoms with Crippen LogP contribution >= 0.6 is 0 Å². The highest BCUT2D eigenvalue weighted by Gasteiger charge is 2.38. The molecule has 1 atom stereocenters. The molecule has 0 aliphatic heterocycles. The van der Waals surface area contributed by atoms with E-state index in [1.165, 1.54) is 0 Å². The second-order valence-corrected chi connectivity index (χ2v) is 3.57. The van der Waals surface area contributed by atoms with Crippen molar-refractivity contribution in [1.29, 1.82) is 0 Å². The van der Waals surface area contributed by atoms with Gasteiger partial charge in [-0.25, -0.2) is 9.59 Å². The third kappa shape index (κ3) is 2.80. The summed E-state index contributed by atoms with van der Waals surface area (Å²) in [7, 11) is 0. The first-order chi connectivity index (χ1) is 7.44. The molecule has 0 aliphatic carbocycles. The number of ether oxygens (including phenoxy) is 1. The molecule has 1 rings (SSSR count). The molecule has 1 unspecified atom stereocenters. The summed E-state index contributed by atoms with van der Waals surface area (Å²) in [6, 6.07) is 8.95. The van der Waals surface area contributed by atoms with E-state index in [2.05, 4.69) is 0 Å². The van der Waals surface area contributed by atoms with Gasteiger partial charge in [0.1, 0.15) is 6.61 Å². The summed E-state index contributed by atoms with van der Waals surface area (Å²) in [6.07, 6.45) is 0. The maximum absolute atomic E-state index is 11.4. The second kappa shape index (κ2) is 4.76. The molecule has 0 amide bonds. The fourth-order valence-electron chi connectivity index (χ4n) is 0.960. The SMILES string of the molecule is CC(N)(C(=O)O)C(=O)OCc1ccccc1. The Kier molecular flexibility index (Phi) is 3.63. The summed E-state index contributed by atoms with van der Waals surface area (Å²) in [5, 5.41) is 8.68. The largest absolute Gasteiger partial charge is 0.479 e. The number of carboxylic acid groups (broad SMARTS) is 1. The molecule has 0 fully saturated rings. The van der Waals surface area contributed by atoms with Gasteiger partial charge >= 0.3 is 11.9 Å². The summed E-state index contributed by atoms with van der Waals surface area (Å²) >= 11 is 0. The fourth-order valence-corrected chi connectivity index (χ4v) is 0.960. The zero-order valence-corrected chi connectivity index (χ0v) is 8.84. The van der Waals surface area contributed by atoms with Crippen molar-refractivity contribution in [2.24, 2.45) is 5.73 Å². The van der Waals surface area contributed by atoms with Gasteiger partial charge in [-0.1, -0.05) is 30.3 Å². The number of hydrogen-bond donors (Lipinski definition) is 2. The number of nitrogens with two attached hydrogens (primary N) is 1. The number of hydrogen-bond acceptors (Lipinski definition) is 4. The lowest BCUT2D eigenvalue weighted by Crippen LogP contribution is -2.53. The normalized spacial score (nSPS) is 13.9. The summed E-state index contributed by atoms with van der Waals surface area (Å²) in [5.41, 5.74) is 4.06. The van der Waals surface area contributed by atoms with Gasteiger partial charge in [0.05, 0.1) is 0 Å². The van der Waals surface area contributed by atoms with Gasteiger partial charge in [0.15, 0.2) is 0 Å². The van der Waals surface area contributed by atoms with Gasteiger partial charge in [-0.2, -0.15) is 0 Å². The minimum Gasteiger partial charge on any atom is -0.479 e. The minimum absolute atomic E-state index is 0.0136. The average molecular weight is 223 g/mol. The molecule has 16 heavy (non-hydrogen) atoms. The molecule has 5 nitrogen and oxygen atoms in total. The molecule has 1 aromatic rings. The van der Waals surface area contributed by atoms with Crippen LogP contribution in [0.1, 0.15) is 12.5 Å². The molecule has 0 spiro atoms. The molecular weight excluding hydrogens is 210 g/mol. The highest BCUT2D eigenvalue weighted by Crippen LogP contribution is 2.06. The molecule has 0 aromatic heterocycles. The van der Waals surface area contributed by atoms with Crippen LogP contribution in [0.15, 0.2) is 30.3 Å². The third-order valence-corrected chi connectivity index (χ3v) is 2.08. The Balaban J connectivity index is 2.57. The lowest BCUT2D eigenvalue weighted by molar-refractivity contribution is -0.160. The summed E-state index contributed by atoms with van der Waals surface area (Å²) in [4.78, 5) is 22.0. The highest BCUT2D eigenvalue weighted by molar-refractivity contribution is 6.03. The molecule has 5 heteroatoms. The van der Waals surface area contributed by atoms with E-state index in [0.29, 0.717) is 0 Å². The van der Waals surface area contributed by atoms with Crippen LogP contribution in [0, 0.1) is 0 Å². The van der Waals surface area contributed by atoms with Crippen LogP contribution in [-0.4, -0.2) is 22.6 Å². The van der Waals surface area contributed by atoms with Crippen molar-refractivity contribution in [3.8, 4) is 0 Å². The molecule has 0 aliphatic rings. The first-order valence-corrected chi connectivity index (χ1v) is 4.68. The van der Waals surface area contributed by atoms with E-state index in [1.807, 2.05) is 6.07 Å². The molecular formula is C11H13NO4. The van der Waals surface area contributed by atoms with Crippen LogP contribution in [-0.2, 0) is 20.9 Å². The van der Waals surface area contributed by atoms with E-state index in [9.17, 15) is 9.59 Å². The van der Waals surface area contributed by atoms with Crippen LogP contribution in [0.4, 0.5) is 0 Å². The standard InChI is InChI=1S/C11H13NO4/c1-11(12,9(13)14)10(15)16-7-8-5-3-2-4-6-8/h2-6H,7,12H2,1H3,(H,13,14). The number of carbonyl (C=O) groups is 2. The summed E-state index contributed by atoms with van der Waals surface area (Å²) in [5.74, 6) is -2.37. The predicted octanol–water partition coefficient (Wildman–Crippen LogP) is 0.532. The lowest BCUT2D eigenvalue weighted by atomic mass is 10.1. The van der Waals surface area contributed by atoms with Crippen LogP contribution in [0.5, 0.6) is 0 Å². The predicted molar refractivity (Wildman–Crippen MR) is 56.5 cm³/mol. The zero-order valence-electron chi connectivity index (χ0n) is 8.84. The Hall–Kier alpha value is -1.88. The van der Waals surface area contributed by atoms with Gasteiger partial charge in [-0.15, -0.1) is 0 Å². The number of carboxylic acids is 1. The van der Waals surface area contributed by atoms with Crippen molar-refractivity contribution in [3.63, 3.8) is 0 Å². The Morgan fingerprint density at radius 3 is 2.44 bits per heavy atom. The average Bonchev–Trinajstić information content (AvgIpc) is 2.27. The fraction of sp³-hybridized carbons (Fsp3) is 0.273. The first-order valence-electron chi connectivity index (χ1n) is 4.68. The van der Waals surface area contributed by atoms with Gasteiger partial charge in [0.2, 0.25) is 5.54 Å². The maximum atomic E-state index is 11.4. The van der Waals surface area contributed by atoms with E-state index in [1.54, 1.807) is 24.3 Å². The van der Waals surface area contributed by atoms with Crippen molar-refractivity contribution in [1.82, 2.24) is 0 Å². The van der Waals surface area contributed by atoms with Gasteiger partial charge in [-0.3, -0.25) is 0 Å². The summed E-state index contributed by atoms with van der Waals surface area (Å²) < 4.78 is 4.81. The highest BCUT2D eigenvalue weighted by atomic mass is 16.5. The van der Waals surface area contributed by atoms with Crippen molar-refractivity contribution in [2.45, 2.75) is 19.1 Å². The van der Waals surface area contributed by atoms with Gasteiger partial charge in [-0.05, 0) is 12.5 Å². The summed E-state index contributed by atoms with van der Waals surface area (Å²) in [6.45, 7) is 1.11. The van der Waals surface area contributed by atoms with Crippen molar-refractivity contribution in [2.75, 3.05) is 0 Å². The van der Waals surface area contributed by atoms with Crippen LogP contribution < -0.4 is 5.73 Å². The molecule has 0 saturated carbocycles. The second-order valence-electron chi connectivity index (χ2n) is 3.57. The van der Waals surface area contributed by atoms with Gasteiger partial charge in [0.25, 0.3) is 0 Å². The minimum atomic E-state index is -2.01. The topological polar surface area (TPSA) is 89.6 Å². The van der Waals surface area contributed by atoms with Crippen molar-refractivity contribution >= 4 is 11.9 Å². The number of esters is 1. The van der Waals surface area contributed by atoms with Crippen LogP contribution in [0.25, 0.3) is 0 Å². The zero-order chi connectivity index (χ0) is 12.2. The van der Waals surface area contributed by atoms with E-state index in [0.717, 1.165) is 12.5 Å². The van der Waals surface area contributed by atoms with Crippen LogP contribution in [0.3, 0.4) is 0 Å².